The Morgan fingerprint density at radius 3 is 0.563 bits per heavy atom. The highest BCUT2D eigenvalue weighted by molar-refractivity contribution is 5.71. The van der Waals surface area contributed by atoms with Crippen LogP contribution in [0.25, 0.3) is 0 Å². The molecular weight excluding hydrogens is 877 g/mol. The number of esters is 3. The molecule has 0 N–H and O–H groups in total. The topological polar surface area (TPSA) is 78.9 Å². The average molecular weight is 1000 g/mol. The molecule has 0 aromatic rings. The molecule has 0 rings (SSSR count). The molecule has 0 heterocycles. The van der Waals surface area contributed by atoms with Crippen LogP contribution in [-0.2, 0) is 28.6 Å². The highest BCUT2D eigenvalue weighted by Gasteiger charge is 2.19. The van der Waals surface area contributed by atoms with E-state index >= 15 is 0 Å². The normalized spacial score (nSPS) is 11.9. The van der Waals surface area contributed by atoms with Crippen molar-refractivity contribution in [2.24, 2.45) is 0 Å². The number of rotatable bonds is 61. The Balaban J connectivity index is 4.11. The van der Waals surface area contributed by atoms with E-state index in [0.29, 0.717) is 19.3 Å². The summed E-state index contributed by atoms with van der Waals surface area (Å²) in [6.07, 6.45) is 69.8. The fourth-order valence-electron chi connectivity index (χ4n) is 10.2. The second-order valence-corrected chi connectivity index (χ2v) is 22.4. The predicted molar refractivity (Wildman–Crippen MR) is 307 cm³/mol. The summed E-state index contributed by atoms with van der Waals surface area (Å²) in [6.45, 7) is 6.72. The molecule has 0 saturated carbocycles. The van der Waals surface area contributed by atoms with Crippen LogP contribution in [-0.4, -0.2) is 37.2 Å². The second kappa shape index (κ2) is 61.0. The Kier molecular flexibility index (Phi) is 59.6. The third kappa shape index (κ3) is 59.2. The first-order chi connectivity index (χ1) is 35.0. The first-order valence-electron chi connectivity index (χ1n) is 32.5. The molecule has 0 aromatic carbocycles. The molecule has 0 aromatic heterocycles. The van der Waals surface area contributed by atoms with Gasteiger partial charge in [-0.3, -0.25) is 14.4 Å². The lowest BCUT2D eigenvalue weighted by Gasteiger charge is -2.18. The molecule has 0 fully saturated rings. The fraction of sp³-hybridized carbons (Fsp3) is 0.954. The van der Waals surface area contributed by atoms with Gasteiger partial charge in [-0.25, -0.2) is 0 Å². The quantitative estimate of drug-likeness (QED) is 0.0343. The van der Waals surface area contributed by atoms with Gasteiger partial charge < -0.3 is 14.2 Å². The lowest BCUT2D eigenvalue weighted by atomic mass is 10.0. The number of ether oxygens (including phenoxy) is 3. The van der Waals surface area contributed by atoms with Gasteiger partial charge in [-0.1, -0.05) is 342 Å². The molecule has 1 unspecified atom stereocenters. The number of carbonyl (C=O) groups excluding carboxylic acids is 3. The van der Waals surface area contributed by atoms with Crippen molar-refractivity contribution in [2.75, 3.05) is 13.2 Å². The lowest BCUT2D eigenvalue weighted by Crippen LogP contribution is -2.30. The van der Waals surface area contributed by atoms with Gasteiger partial charge in [0.15, 0.2) is 6.10 Å². The van der Waals surface area contributed by atoms with Gasteiger partial charge in [0.2, 0.25) is 0 Å². The van der Waals surface area contributed by atoms with Gasteiger partial charge in [0.25, 0.3) is 0 Å². The highest BCUT2D eigenvalue weighted by atomic mass is 16.6. The van der Waals surface area contributed by atoms with Gasteiger partial charge in [-0.2, -0.15) is 0 Å². The number of unbranched alkanes of at least 4 members (excludes halogenated alkanes) is 50. The zero-order valence-electron chi connectivity index (χ0n) is 48.5. The standard InChI is InChI=1S/C65H126O6/c1-4-7-10-13-16-19-22-25-27-28-29-30-31-32-33-34-35-36-37-38-39-41-43-46-49-52-55-58-64(67)70-61-62(60-69-63(66)57-54-51-48-45-42-24-21-18-15-12-9-6-3)71-65(68)59-56-53-50-47-44-40-26-23-20-17-14-11-8-5-2/h62H,4-61H2,1-3H3. The van der Waals surface area contributed by atoms with E-state index in [9.17, 15) is 14.4 Å². The fourth-order valence-corrected chi connectivity index (χ4v) is 10.2. The molecule has 0 spiro atoms. The van der Waals surface area contributed by atoms with E-state index in [1.165, 1.54) is 283 Å². The SMILES string of the molecule is CCCCCCCCCCCCCCCCCCCCCCCCCCCCCC(=O)OCC(COC(=O)CCCCCCCCCCCCCC)OC(=O)CCCCCCCCCCCCCCCC. The Morgan fingerprint density at radius 1 is 0.225 bits per heavy atom. The molecule has 0 amide bonds. The van der Waals surface area contributed by atoms with Crippen LogP contribution in [0.2, 0.25) is 0 Å². The lowest BCUT2D eigenvalue weighted by molar-refractivity contribution is -0.167. The van der Waals surface area contributed by atoms with Gasteiger partial charge in [-0.15, -0.1) is 0 Å². The third-order valence-electron chi connectivity index (χ3n) is 15.1. The maximum absolute atomic E-state index is 12.9. The van der Waals surface area contributed by atoms with Crippen molar-refractivity contribution >= 4 is 17.9 Å². The third-order valence-corrected chi connectivity index (χ3v) is 15.1. The van der Waals surface area contributed by atoms with Crippen molar-refractivity contribution in [1.82, 2.24) is 0 Å². The monoisotopic (exact) mass is 1000 g/mol. The molecular formula is C65H126O6. The minimum absolute atomic E-state index is 0.0608. The van der Waals surface area contributed by atoms with Gasteiger partial charge in [0.1, 0.15) is 13.2 Å². The second-order valence-electron chi connectivity index (χ2n) is 22.4. The van der Waals surface area contributed by atoms with Crippen LogP contribution < -0.4 is 0 Å². The summed E-state index contributed by atoms with van der Waals surface area (Å²) < 4.78 is 16.9. The van der Waals surface area contributed by atoms with Gasteiger partial charge in [-0.05, 0) is 19.3 Å². The van der Waals surface area contributed by atoms with Crippen molar-refractivity contribution in [3.63, 3.8) is 0 Å². The minimum Gasteiger partial charge on any atom is -0.462 e. The molecule has 71 heavy (non-hydrogen) atoms. The summed E-state index contributed by atoms with van der Waals surface area (Å²) in [6, 6.07) is 0. The van der Waals surface area contributed by atoms with Crippen LogP contribution in [0, 0.1) is 0 Å². The van der Waals surface area contributed by atoms with Gasteiger partial charge in [0, 0.05) is 19.3 Å². The van der Waals surface area contributed by atoms with Crippen molar-refractivity contribution in [2.45, 2.75) is 386 Å². The molecule has 0 saturated heterocycles. The molecule has 1 atom stereocenters. The van der Waals surface area contributed by atoms with Crippen molar-refractivity contribution < 1.29 is 28.6 Å². The maximum atomic E-state index is 12.9. The van der Waals surface area contributed by atoms with E-state index < -0.39 is 6.10 Å². The summed E-state index contributed by atoms with van der Waals surface area (Å²) in [7, 11) is 0. The molecule has 0 aliphatic carbocycles. The van der Waals surface area contributed by atoms with Gasteiger partial charge in [0.05, 0.1) is 0 Å². The zero-order chi connectivity index (χ0) is 51.4. The van der Waals surface area contributed by atoms with E-state index in [0.717, 1.165) is 57.8 Å². The molecule has 6 nitrogen and oxygen atoms in total. The van der Waals surface area contributed by atoms with Crippen LogP contribution >= 0.6 is 0 Å². The van der Waals surface area contributed by atoms with Crippen LogP contribution in [0.15, 0.2) is 0 Å². The summed E-state index contributed by atoms with van der Waals surface area (Å²) in [5.74, 6) is -0.829. The largest absolute Gasteiger partial charge is 0.462 e. The average Bonchev–Trinajstić information content (AvgIpc) is 3.37. The van der Waals surface area contributed by atoms with Crippen molar-refractivity contribution in [3.8, 4) is 0 Å². The van der Waals surface area contributed by atoms with Crippen LogP contribution in [0.1, 0.15) is 380 Å². The number of hydrogen-bond donors (Lipinski definition) is 0. The van der Waals surface area contributed by atoms with E-state index in [-0.39, 0.29) is 31.1 Å². The number of carbonyl (C=O) groups is 3. The maximum Gasteiger partial charge on any atom is 0.306 e. The summed E-state index contributed by atoms with van der Waals surface area (Å²) >= 11 is 0. The molecule has 0 bridgehead atoms. The predicted octanol–water partition coefficient (Wildman–Crippen LogP) is 21.9. The van der Waals surface area contributed by atoms with Gasteiger partial charge >= 0.3 is 17.9 Å². The highest BCUT2D eigenvalue weighted by Crippen LogP contribution is 2.19. The molecule has 0 aliphatic rings. The van der Waals surface area contributed by atoms with Crippen LogP contribution in [0.3, 0.4) is 0 Å². The molecule has 0 radical (unpaired) electrons. The summed E-state index contributed by atoms with van der Waals surface area (Å²) in [5.41, 5.74) is 0. The van der Waals surface area contributed by atoms with Crippen molar-refractivity contribution in [1.29, 1.82) is 0 Å². The molecule has 0 aliphatic heterocycles. The van der Waals surface area contributed by atoms with Crippen LogP contribution in [0.4, 0.5) is 0 Å². The van der Waals surface area contributed by atoms with E-state index in [4.69, 9.17) is 14.2 Å². The van der Waals surface area contributed by atoms with E-state index in [1.807, 2.05) is 0 Å². The van der Waals surface area contributed by atoms with E-state index in [2.05, 4.69) is 20.8 Å². The molecule has 6 heteroatoms. The Morgan fingerprint density at radius 2 is 0.380 bits per heavy atom. The Labute approximate surface area is 444 Å². The Hall–Kier alpha value is -1.59. The van der Waals surface area contributed by atoms with E-state index in [1.54, 1.807) is 0 Å². The molecule has 422 valence electrons. The summed E-state index contributed by atoms with van der Waals surface area (Å²) in [4.78, 5) is 38.2. The first-order valence-corrected chi connectivity index (χ1v) is 32.5. The smallest absolute Gasteiger partial charge is 0.306 e. The Bertz CT molecular complexity index is 1060. The van der Waals surface area contributed by atoms with Crippen LogP contribution in [0.5, 0.6) is 0 Å². The summed E-state index contributed by atoms with van der Waals surface area (Å²) in [5, 5.41) is 0. The van der Waals surface area contributed by atoms with Crippen molar-refractivity contribution in [3.05, 3.63) is 0 Å². The minimum atomic E-state index is -0.761. The zero-order valence-corrected chi connectivity index (χ0v) is 48.5. The first kappa shape index (κ1) is 69.4. The number of hydrogen-bond acceptors (Lipinski definition) is 6.